The van der Waals surface area contributed by atoms with E-state index < -0.39 is 5.97 Å². The highest BCUT2D eigenvalue weighted by atomic mass is 16.4. The van der Waals surface area contributed by atoms with Crippen molar-refractivity contribution < 1.29 is 9.90 Å². The van der Waals surface area contributed by atoms with E-state index in [1.165, 1.54) is 11.1 Å². The lowest BCUT2D eigenvalue weighted by Crippen LogP contribution is -2.12. The highest BCUT2D eigenvalue weighted by Gasteiger charge is 2.36. The third kappa shape index (κ3) is 2.31. The number of fused-ring (bicyclic) bond motifs is 1. The minimum Gasteiger partial charge on any atom is -0.478 e. The zero-order chi connectivity index (χ0) is 12.6. The van der Waals surface area contributed by atoms with Crippen molar-refractivity contribution in [2.75, 3.05) is 0 Å². The molecule has 0 aromatic carbocycles. The lowest BCUT2D eigenvalue weighted by molar-refractivity contribution is -0.132. The minimum absolute atomic E-state index is 0.491. The summed E-state index contributed by atoms with van der Waals surface area (Å²) in [6, 6.07) is 0. The summed E-state index contributed by atoms with van der Waals surface area (Å²) in [6.07, 6.45) is 4.95. The summed E-state index contributed by atoms with van der Waals surface area (Å²) in [4.78, 5) is 11.4. The highest BCUT2D eigenvalue weighted by Crippen LogP contribution is 2.46. The van der Waals surface area contributed by atoms with E-state index in [9.17, 15) is 9.90 Å². The normalized spacial score (nSPS) is 33.2. The van der Waals surface area contributed by atoms with Crippen LogP contribution in [0.2, 0.25) is 0 Å². The zero-order valence-electron chi connectivity index (χ0n) is 10.8. The van der Waals surface area contributed by atoms with Gasteiger partial charge in [0, 0.05) is 5.57 Å². The first kappa shape index (κ1) is 12.4. The fraction of sp³-hybridized carbons (Fsp3) is 0.667. The Morgan fingerprint density at radius 1 is 1.35 bits per heavy atom. The van der Waals surface area contributed by atoms with Gasteiger partial charge in [-0.1, -0.05) is 24.6 Å². The second kappa shape index (κ2) is 4.67. The molecule has 0 aliphatic heterocycles. The van der Waals surface area contributed by atoms with Crippen LogP contribution in [0.25, 0.3) is 0 Å². The van der Waals surface area contributed by atoms with Crippen LogP contribution in [0.1, 0.15) is 46.0 Å². The Kier molecular flexibility index (Phi) is 3.41. The van der Waals surface area contributed by atoms with Crippen LogP contribution < -0.4 is 0 Å². The van der Waals surface area contributed by atoms with Gasteiger partial charge in [0.15, 0.2) is 0 Å². The second-order valence-electron chi connectivity index (χ2n) is 5.75. The summed E-state index contributed by atoms with van der Waals surface area (Å²) >= 11 is 0. The number of allylic oxidation sites excluding steroid dienone is 2. The van der Waals surface area contributed by atoms with Gasteiger partial charge < -0.3 is 5.11 Å². The average molecular weight is 234 g/mol. The van der Waals surface area contributed by atoms with Crippen molar-refractivity contribution in [3.8, 4) is 0 Å². The zero-order valence-corrected chi connectivity index (χ0v) is 10.8. The molecule has 3 atom stereocenters. The molecule has 17 heavy (non-hydrogen) atoms. The number of carboxylic acid groups (broad SMARTS) is 1. The molecule has 0 bridgehead atoms. The van der Waals surface area contributed by atoms with Crippen molar-refractivity contribution in [2.45, 2.75) is 46.0 Å². The molecule has 0 saturated heterocycles. The summed E-state index contributed by atoms with van der Waals surface area (Å²) in [5, 5.41) is 9.34. The quantitative estimate of drug-likeness (QED) is 0.738. The van der Waals surface area contributed by atoms with Crippen LogP contribution >= 0.6 is 0 Å². The van der Waals surface area contributed by atoms with Gasteiger partial charge in [-0.15, -0.1) is 0 Å². The van der Waals surface area contributed by atoms with Gasteiger partial charge >= 0.3 is 5.97 Å². The SMILES string of the molecule is C=C(C)[C@@H]1CCC(C(=O)O)=C2CC[C@H](C)[C@@H]2C1. The fourth-order valence-corrected chi connectivity index (χ4v) is 3.46. The Morgan fingerprint density at radius 3 is 2.65 bits per heavy atom. The minimum atomic E-state index is -0.693. The van der Waals surface area contributed by atoms with Crippen molar-refractivity contribution >= 4 is 5.97 Å². The maximum Gasteiger partial charge on any atom is 0.331 e. The van der Waals surface area contributed by atoms with Gasteiger partial charge in [0.1, 0.15) is 0 Å². The van der Waals surface area contributed by atoms with Crippen LogP contribution in [0, 0.1) is 17.8 Å². The van der Waals surface area contributed by atoms with Crippen LogP contribution in [-0.2, 0) is 4.79 Å². The third-order valence-electron chi connectivity index (χ3n) is 4.63. The first-order valence-electron chi connectivity index (χ1n) is 6.61. The van der Waals surface area contributed by atoms with Crippen molar-refractivity contribution in [2.24, 2.45) is 17.8 Å². The molecule has 1 saturated carbocycles. The molecule has 1 N–H and O–H groups in total. The van der Waals surface area contributed by atoms with Crippen LogP contribution in [-0.4, -0.2) is 11.1 Å². The molecule has 2 rings (SSSR count). The Hall–Kier alpha value is -1.05. The van der Waals surface area contributed by atoms with Gasteiger partial charge in [-0.3, -0.25) is 0 Å². The van der Waals surface area contributed by atoms with Crippen LogP contribution in [0.3, 0.4) is 0 Å². The fourth-order valence-electron chi connectivity index (χ4n) is 3.46. The van der Waals surface area contributed by atoms with Gasteiger partial charge in [-0.25, -0.2) is 4.79 Å². The number of aliphatic carboxylic acids is 1. The van der Waals surface area contributed by atoms with Crippen LogP contribution in [0.4, 0.5) is 0 Å². The van der Waals surface area contributed by atoms with E-state index in [0.717, 1.165) is 32.1 Å². The third-order valence-corrected chi connectivity index (χ3v) is 4.63. The number of hydrogen-bond acceptors (Lipinski definition) is 1. The molecule has 0 aromatic heterocycles. The van der Waals surface area contributed by atoms with E-state index in [-0.39, 0.29) is 0 Å². The smallest absolute Gasteiger partial charge is 0.331 e. The molecule has 0 radical (unpaired) electrons. The van der Waals surface area contributed by atoms with Gasteiger partial charge in [0.05, 0.1) is 0 Å². The molecule has 0 unspecified atom stereocenters. The van der Waals surface area contributed by atoms with Gasteiger partial charge in [-0.05, 0) is 56.8 Å². The lowest BCUT2D eigenvalue weighted by Gasteiger charge is -2.21. The van der Waals surface area contributed by atoms with Gasteiger partial charge in [0.2, 0.25) is 0 Å². The van der Waals surface area contributed by atoms with Crippen molar-refractivity contribution in [1.29, 1.82) is 0 Å². The summed E-state index contributed by atoms with van der Waals surface area (Å²) in [5.74, 6) is 0.943. The second-order valence-corrected chi connectivity index (χ2v) is 5.75. The number of hydrogen-bond donors (Lipinski definition) is 1. The Labute approximate surface area is 103 Å². The molecule has 0 amide bonds. The van der Waals surface area contributed by atoms with E-state index in [4.69, 9.17) is 0 Å². The van der Waals surface area contributed by atoms with E-state index in [0.29, 0.717) is 23.3 Å². The van der Waals surface area contributed by atoms with Crippen molar-refractivity contribution in [3.63, 3.8) is 0 Å². The van der Waals surface area contributed by atoms with Crippen LogP contribution in [0.15, 0.2) is 23.3 Å². The molecular weight excluding hydrogens is 212 g/mol. The first-order valence-corrected chi connectivity index (χ1v) is 6.61. The molecule has 2 heteroatoms. The summed E-state index contributed by atoms with van der Waals surface area (Å²) in [5.41, 5.74) is 3.17. The topological polar surface area (TPSA) is 37.3 Å². The molecule has 1 fully saturated rings. The molecule has 2 nitrogen and oxygen atoms in total. The van der Waals surface area contributed by atoms with E-state index in [1.807, 2.05) is 0 Å². The standard InChI is InChI=1S/C15H22O2/c1-9(2)11-5-7-13(15(16)17)12-6-4-10(3)14(12)8-11/h10-11,14H,1,4-8H2,2-3H3,(H,16,17)/t10-,11+,14-/m0/s1. The van der Waals surface area contributed by atoms with Crippen LogP contribution in [0.5, 0.6) is 0 Å². The molecular formula is C15H22O2. The van der Waals surface area contributed by atoms with E-state index in [1.54, 1.807) is 0 Å². The predicted octanol–water partition coefficient (Wildman–Crippen LogP) is 3.79. The van der Waals surface area contributed by atoms with Crippen molar-refractivity contribution in [1.82, 2.24) is 0 Å². The highest BCUT2D eigenvalue weighted by molar-refractivity contribution is 5.87. The average Bonchev–Trinajstić information content (AvgIpc) is 2.51. The van der Waals surface area contributed by atoms with E-state index in [2.05, 4.69) is 20.4 Å². The largest absolute Gasteiger partial charge is 0.478 e. The predicted molar refractivity (Wildman–Crippen MR) is 68.7 cm³/mol. The maximum absolute atomic E-state index is 11.4. The first-order chi connectivity index (χ1) is 8.00. The number of rotatable bonds is 2. The summed E-state index contributed by atoms with van der Waals surface area (Å²) in [6.45, 7) is 8.40. The Morgan fingerprint density at radius 2 is 2.06 bits per heavy atom. The van der Waals surface area contributed by atoms with Crippen molar-refractivity contribution in [3.05, 3.63) is 23.3 Å². The summed E-state index contributed by atoms with van der Waals surface area (Å²) < 4.78 is 0. The Bertz CT molecular complexity index is 378. The molecule has 94 valence electrons. The van der Waals surface area contributed by atoms with Gasteiger partial charge in [-0.2, -0.15) is 0 Å². The summed E-state index contributed by atoms with van der Waals surface area (Å²) in [7, 11) is 0. The number of carbonyl (C=O) groups is 1. The van der Waals surface area contributed by atoms with Gasteiger partial charge in [0.25, 0.3) is 0 Å². The molecule has 0 aromatic rings. The monoisotopic (exact) mass is 234 g/mol. The molecule has 2 aliphatic carbocycles. The number of carboxylic acids is 1. The molecule has 0 heterocycles. The van der Waals surface area contributed by atoms with E-state index >= 15 is 0 Å². The maximum atomic E-state index is 11.4. The molecule has 2 aliphatic rings. The molecule has 0 spiro atoms. The Balaban J connectivity index is 2.32. The lowest BCUT2D eigenvalue weighted by atomic mass is 9.83.